The molecule has 0 aliphatic carbocycles. The first-order valence-corrected chi connectivity index (χ1v) is 9.97. The first kappa shape index (κ1) is 21.5. The molecule has 0 spiro atoms. The van der Waals surface area contributed by atoms with Crippen LogP contribution in [0.25, 0.3) is 0 Å². The maximum Gasteiger partial charge on any atom is 0.410 e. The summed E-state index contributed by atoms with van der Waals surface area (Å²) in [4.78, 5) is 30.0. The molecule has 2 fully saturated rings. The van der Waals surface area contributed by atoms with Crippen LogP contribution < -0.4 is 0 Å². The number of amides is 2. The maximum absolute atomic E-state index is 13.7. The summed E-state index contributed by atoms with van der Waals surface area (Å²) < 4.78 is 5.57. The molecule has 2 aliphatic heterocycles. The van der Waals surface area contributed by atoms with Crippen LogP contribution in [0.15, 0.2) is 25.3 Å². The van der Waals surface area contributed by atoms with Gasteiger partial charge in [0.05, 0.1) is 6.04 Å². The van der Waals surface area contributed by atoms with Crippen molar-refractivity contribution in [2.24, 2.45) is 11.3 Å². The minimum atomic E-state index is -0.595. The van der Waals surface area contributed by atoms with Crippen molar-refractivity contribution in [3.63, 3.8) is 0 Å². The predicted molar refractivity (Wildman–Crippen MR) is 108 cm³/mol. The van der Waals surface area contributed by atoms with E-state index >= 15 is 0 Å². The van der Waals surface area contributed by atoms with E-state index in [-0.39, 0.29) is 29.3 Å². The molecule has 5 nitrogen and oxygen atoms in total. The second-order valence-electron chi connectivity index (χ2n) is 9.81. The van der Waals surface area contributed by atoms with E-state index in [0.717, 1.165) is 19.3 Å². The molecule has 5 heteroatoms. The Morgan fingerprint density at radius 1 is 1.00 bits per heavy atom. The monoisotopic (exact) mass is 376 g/mol. The molecule has 0 saturated carbocycles. The van der Waals surface area contributed by atoms with Gasteiger partial charge in [0.2, 0.25) is 5.91 Å². The lowest BCUT2D eigenvalue weighted by atomic mass is 9.84. The predicted octanol–water partition coefficient (Wildman–Crippen LogP) is 4.39. The van der Waals surface area contributed by atoms with Gasteiger partial charge < -0.3 is 9.64 Å². The molecule has 2 amide bonds. The standard InChI is InChI=1S/C22H36N2O3/c1-9-15-13-14-23(20(26)27-22(6,7)8)18(15)19(25)24-16(10-2)11-12-17(24)21(3,4)5/h9-10,15-18H,1-2,11-14H2,3-8H3/t15-,16-,17-,18?/m0/s1. The fourth-order valence-corrected chi connectivity index (χ4v) is 4.29. The highest BCUT2D eigenvalue weighted by Gasteiger charge is 2.49. The molecule has 2 aliphatic rings. The average Bonchev–Trinajstić information content (AvgIpc) is 3.15. The van der Waals surface area contributed by atoms with Gasteiger partial charge in [0.25, 0.3) is 0 Å². The fourth-order valence-electron chi connectivity index (χ4n) is 4.29. The quantitative estimate of drug-likeness (QED) is 0.687. The minimum absolute atomic E-state index is 0.00766. The van der Waals surface area contributed by atoms with Crippen molar-refractivity contribution in [2.45, 2.75) is 84.5 Å². The normalized spacial score (nSPS) is 29.0. The second kappa shape index (κ2) is 7.69. The zero-order valence-electron chi connectivity index (χ0n) is 17.8. The molecule has 2 rings (SSSR count). The summed E-state index contributed by atoms with van der Waals surface area (Å²) in [6.45, 7) is 20.4. The third kappa shape index (κ3) is 4.56. The van der Waals surface area contributed by atoms with Crippen molar-refractivity contribution in [1.29, 1.82) is 0 Å². The van der Waals surface area contributed by atoms with Gasteiger partial charge in [-0.2, -0.15) is 0 Å². The molecule has 0 radical (unpaired) electrons. The molecule has 152 valence electrons. The first-order chi connectivity index (χ1) is 12.4. The summed E-state index contributed by atoms with van der Waals surface area (Å²) in [7, 11) is 0. The molecule has 0 bridgehead atoms. The van der Waals surface area contributed by atoms with E-state index in [0.29, 0.717) is 6.54 Å². The molecule has 0 aromatic rings. The van der Waals surface area contributed by atoms with Gasteiger partial charge in [-0.3, -0.25) is 9.69 Å². The third-order valence-electron chi connectivity index (χ3n) is 5.58. The number of nitrogens with zero attached hydrogens (tertiary/aromatic N) is 2. The van der Waals surface area contributed by atoms with E-state index in [9.17, 15) is 9.59 Å². The van der Waals surface area contributed by atoms with Crippen LogP contribution in [-0.2, 0) is 9.53 Å². The topological polar surface area (TPSA) is 49.9 Å². The lowest BCUT2D eigenvalue weighted by molar-refractivity contribution is -0.141. The Bertz CT molecular complexity index is 600. The van der Waals surface area contributed by atoms with Crippen molar-refractivity contribution in [3.05, 3.63) is 25.3 Å². The van der Waals surface area contributed by atoms with Gasteiger partial charge in [0.15, 0.2) is 0 Å². The second-order valence-corrected chi connectivity index (χ2v) is 9.81. The van der Waals surface area contributed by atoms with Crippen molar-refractivity contribution < 1.29 is 14.3 Å². The summed E-state index contributed by atoms with van der Waals surface area (Å²) in [6, 6.07) is -0.421. The Morgan fingerprint density at radius 3 is 2.11 bits per heavy atom. The van der Waals surface area contributed by atoms with Crippen LogP contribution in [0.2, 0.25) is 0 Å². The van der Waals surface area contributed by atoms with Crippen molar-refractivity contribution in [1.82, 2.24) is 9.80 Å². The van der Waals surface area contributed by atoms with Crippen molar-refractivity contribution in [2.75, 3.05) is 6.54 Å². The lowest BCUT2D eigenvalue weighted by Gasteiger charge is -2.40. The number of hydrogen-bond acceptors (Lipinski definition) is 3. The van der Waals surface area contributed by atoms with Crippen molar-refractivity contribution >= 4 is 12.0 Å². The molecule has 27 heavy (non-hydrogen) atoms. The van der Waals surface area contributed by atoms with Crippen LogP contribution in [0.1, 0.15) is 60.8 Å². The molecular weight excluding hydrogens is 340 g/mol. The Kier molecular flexibility index (Phi) is 6.13. The average molecular weight is 377 g/mol. The first-order valence-electron chi connectivity index (χ1n) is 9.97. The molecule has 2 heterocycles. The third-order valence-corrected chi connectivity index (χ3v) is 5.58. The van der Waals surface area contributed by atoms with Crippen LogP contribution >= 0.6 is 0 Å². The number of likely N-dealkylation sites (tertiary alicyclic amines) is 2. The van der Waals surface area contributed by atoms with E-state index in [1.165, 1.54) is 0 Å². The van der Waals surface area contributed by atoms with Gasteiger partial charge >= 0.3 is 6.09 Å². The summed E-state index contributed by atoms with van der Waals surface area (Å²) >= 11 is 0. The Balaban J connectivity index is 2.34. The molecule has 0 aromatic carbocycles. The zero-order valence-corrected chi connectivity index (χ0v) is 17.8. The Morgan fingerprint density at radius 2 is 1.63 bits per heavy atom. The number of rotatable bonds is 3. The zero-order chi connectivity index (χ0) is 20.6. The van der Waals surface area contributed by atoms with E-state index in [4.69, 9.17) is 4.74 Å². The van der Waals surface area contributed by atoms with Crippen LogP contribution in [-0.4, -0.2) is 52.1 Å². The van der Waals surface area contributed by atoms with Gasteiger partial charge in [0, 0.05) is 18.5 Å². The summed E-state index contributed by atoms with van der Waals surface area (Å²) in [6.07, 6.45) is 5.83. The lowest BCUT2D eigenvalue weighted by Crippen LogP contribution is -2.55. The molecule has 4 atom stereocenters. The Labute approximate surface area is 164 Å². The molecule has 2 saturated heterocycles. The largest absolute Gasteiger partial charge is 0.444 e. The van der Waals surface area contributed by atoms with Crippen LogP contribution in [0.5, 0.6) is 0 Å². The fraction of sp³-hybridized carbons (Fsp3) is 0.727. The maximum atomic E-state index is 13.7. The molecular formula is C22H36N2O3. The van der Waals surface area contributed by atoms with Gasteiger partial charge in [-0.25, -0.2) is 4.79 Å². The number of carbonyl (C=O) groups is 2. The van der Waals surface area contributed by atoms with Crippen LogP contribution in [0.4, 0.5) is 4.79 Å². The molecule has 0 aromatic heterocycles. The highest BCUT2D eigenvalue weighted by atomic mass is 16.6. The van der Waals surface area contributed by atoms with Crippen molar-refractivity contribution in [3.8, 4) is 0 Å². The smallest absolute Gasteiger partial charge is 0.410 e. The molecule has 0 N–H and O–H groups in total. The summed E-state index contributed by atoms with van der Waals surface area (Å²) in [5.74, 6) is -0.0673. The highest BCUT2D eigenvalue weighted by molar-refractivity contribution is 5.88. The minimum Gasteiger partial charge on any atom is -0.444 e. The van der Waals surface area contributed by atoms with Gasteiger partial charge in [-0.15, -0.1) is 13.2 Å². The van der Waals surface area contributed by atoms with E-state index in [2.05, 4.69) is 33.9 Å². The van der Waals surface area contributed by atoms with Crippen LogP contribution in [0, 0.1) is 11.3 Å². The number of hydrogen-bond donors (Lipinski definition) is 0. The summed E-state index contributed by atoms with van der Waals surface area (Å²) in [5, 5.41) is 0. The van der Waals surface area contributed by atoms with E-state index in [1.54, 1.807) is 11.0 Å². The highest BCUT2D eigenvalue weighted by Crippen LogP contribution is 2.39. The summed E-state index contributed by atoms with van der Waals surface area (Å²) in [5.41, 5.74) is -0.630. The SMILES string of the molecule is C=C[C@H]1CCN(C(=O)OC(C)(C)C)C1C(=O)N1[C@H](C(C)(C)C)CC[C@@H]1C=C. The Hall–Kier alpha value is -1.78. The molecule has 1 unspecified atom stereocenters. The van der Waals surface area contributed by atoms with E-state index < -0.39 is 17.7 Å². The van der Waals surface area contributed by atoms with Gasteiger partial charge in [-0.1, -0.05) is 32.9 Å². The van der Waals surface area contributed by atoms with Gasteiger partial charge in [-0.05, 0) is 45.4 Å². The van der Waals surface area contributed by atoms with Gasteiger partial charge in [0.1, 0.15) is 11.6 Å². The van der Waals surface area contributed by atoms with Crippen LogP contribution in [0.3, 0.4) is 0 Å². The number of ether oxygens (including phenoxy) is 1. The van der Waals surface area contributed by atoms with E-state index in [1.807, 2.05) is 31.7 Å². The number of carbonyl (C=O) groups excluding carboxylic acids is 2.